The third-order valence-corrected chi connectivity index (χ3v) is 7.28. The van der Waals surface area contributed by atoms with E-state index in [-0.39, 0.29) is 0 Å². The van der Waals surface area contributed by atoms with Crippen molar-refractivity contribution in [2.75, 3.05) is 6.16 Å². The van der Waals surface area contributed by atoms with Crippen molar-refractivity contribution in [2.45, 2.75) is 59.0 Å². The average Bonchev–Trinajstić information content (AvgIpc) is 3.17. The highest BCUT2D eigenvalue weighted by atomic mass is 32.1. The summed E-state index contributed by atoms with van der Waals surface area (Å²) >= 11 is 1.84. The molecule has 2 N–H and O–H groups in total. The first-order chi connectivity index (χ1) is 13.6. The fraction of sp³-hybridized carbons (Fsp3) is 0.455. The van der Waals surface area contributed by atoms with Crippen molar-refractivity contribution in [1.82, 2.24) is 9.97 Å². The molecule has 3 heterocycles. The summed E-state index contributed by atoms with van der Waals surface area (Å²) in [5.74, 6) is 1.40. The van der Waals surface area contributed by atoms with Crippen molar-refractivity contribution in [3.05, 3.63) is 62.9 Å². The summed E-state index contributed by atoms with van der Waals surface area (Å²) in [5, 5.41) is 1.28. The second-order valence-electron chi connectivity index (χ2n) is 7.23. The van der Waals surface area contributed by atoms with Crippen LogP contribution in [0.1, 0.15) is 66.6 Å². The summed E-state index contributed by atoms with van der Waals surface area (Å²) < 4.78 is 6.06. The van der Waals surface area contributed by atoms with E-state index in [1.807, 2.05) is 42.8 Å². The maximum atomic E-state index is 6.24. The van der Waals surface area contributed by atoms with Crippen LogP contribution in [0.4, 0.5) is 0 Å². The van der Waals surface area contributed by atoms with Gasteiger partial charge in [0.1, 0.15) is 12.4 Å². The van der Waals surface area contributed by atoms with Gasteiger partial charge in [-0.2, -0.15) is 0 Å². The Labute approximate surface area is 174 Å². The minimum Gasteiger partial charge on any atom is -0.487 e. The van der Waals surface area contributed by atoms with Gasteiger partial charge >= 0.3 is 0 Å². The van der Waals surface area contributed by atoms with E-state index in [1.165, 1.54) is 41.1 Å². The van der Waals surface area contributed by atoms with Gasteiger partial charge in [-0.1, -0.05) is 35.3 Å². The van der Waals surface area contributed by atoms with Crippen LogP contribution in [-0.4, -0.2) is 16.1 Å². The Morgan fingerprint density at radius 2 is 2.04 bits per heavy atom. The first kappa shape index (κ1) is 21.0. The largest absolute Gasteiger partial charge is 0.487 e. The summed E-state index contributed by atoms with van der Waals surface area (Å²) in [6, 6.07) is 4.03. The van der Waals surface area contributed by atoms with Crippen LogP contribution in [-0.2, 0) is 11.3 Å². The smallest absolute Gasteiger partial charge is 0.143 e. The molecule has 1 aliphatic heterocycles. The van der Waals surface area contributed by atoms with E-state index in [9.17, 15) is 0 Å². The van der Waals surface area contributed by atoms with Gasteiger partial charge in [0.2, 0.25) is 0 Å². The molecule has 0 saturated heterocycles. The molecule has 0 aliphatic carbocycles. The van der Waals surface area contributed by atoms with Crippen LogP contribution in [0.15, 0.2) is 41.8 Å². The zero-order valence-electron chi connectivity index (χ0n) is 17.0. The lowest BCUT2D eigenvalue weighted by Gasteiger charge is -2.18. The number of nitrogens with two attached hydrogens (primary N) is 1. The molecule has 1 atom stereocenters. The maximum absolute atomic E-state index is 6.24. The SMILES string of the molecule is CCCC(CCC)c1ncc(C2=CC(OCc3ccnc(C)c3)=C(N)PC2)s1. The molecular weight excluding hydrogens is 385 g/mol. The molecule has 150 valence electrons. The summed E-state index contributed by atoms with van der Waals surface area (Å²) in [4.78, 5) is 10.3. The molecule has 6 heteroatoms. The normalized spacial score (nSPS) is 15.4. The molecule has 0 radical (unpaired) electrons. The fourth-order valence-electron chi connectivity index (χ4n) is 3.41. The third-order valence-electron chi connectivity index (χ3n) is 4.86. The van der Waals surface area contributed by atoms with Gasteiger partial charge in [-0.3, -0.25) is 4.98 Å². The molecule has 0 bridgehead atoms. The van der Waals surface area contributed by atoms with Crippen molar-refractivity contribution < 1.29 is 4.74 Å². The van der Waals surface area contributed by atoms with Gasteiger partial charge in [0.25, 0.3) is 0 Å². The zero-order valence-corrected chi connectivity index (χ0v) is 18.8. The van der Waals surface area contributed by atoms with E-state index in [0.717, 1.165) is 28.6 Å². The number of rotatable bonds is 9. The minimum absolute atomic E-state index is 0.511. The van der Waals surface area contributed by atoms with Crippen molar-refractivity contribution in [2.24, 2.45) is 5.73 Å². The number of ether oxygens (including phenoxy) is 1. The number of hydrogen-bond acceptors (Lipinski definition) is 5. The van der Waals surface area contributed by atoms with Crippen LogP contribution in [0.3, 0.4) is 0 Å². The quantitative estimate of drug-likeness (QED) is 0.514. The van der Waals surface area contributed by atoms with Gasteiger partial charge < -0.3 is 10.5 Å². The van der Waals surface area contributed by atoms with Gasteiger partial charge in [-0.25, -0.2) is 4.98 Å². The highest BCUT2D eigenvalue weighted by Gasteiger charge is 2.19. The molecule has 2 aromatic rings. The molecule has 0 fully saturated rings. The number of nitrogens with zero attached hydrogens (tertiary/aromatic N) is 2. The zero-order chi connectivity index (χ0) is 19.9. The highest BCUT2D eigenvalue weighted by Crippen LogP contribution is 2.39. The van der Waals surface area contributed by atoms with Gasteiger partial charge in [0.15, 0.2) is 0 Å². The predicted molar refractivity (Wildman–Crippen MR) is 121 cm³/mol. The predicted octanol–water partition coefficient (Wildman–Crippen LogP) is 5.95. The topological polar surface area (TPSA) is 61.0 Å². The van der Waals surface area contributed by atoms with Crippen molar-refractivity contribution >= 4 is 25.5 Å². The Bertz CT molecular complexity index is 853. The van der Waals surface area contributed by atoms with E-state index in [2.05, 4.69) is 24.9 Å². The third kappa shape index (κ3) is 5.42. The Morgan fingerprint density at radius 3 is 2.75 bits per heavy atom. The fourth-order valence-corrected chi connectivity index (χ4v) is 5.63. The summed E-state index contributed by atoms with van der Waals surface area (Å²) in [7, 11) is 0.562. The van der Waals surface area contributed by atoms with Crippen LogP contribution in [0.5, 0.6) is 0 Å². The molecule has 2 aromatic heterocycles. The number of hydrogen-bond donors (Lipinski definition) is 1. The van der Waals surface area contributed by atoms with Gasteiger partial charge in [0.05, 0.1) is 15.3 Å². The Balaban J connectivity index is 1.73. The van der Waals surface area contributed by atoms with Crippen LogP contribution >= 0.6 is 19.9 Å². The van der Waals surface area contributed by atoms with Crippen LogP contribution < -0.4 is 5.73 Å². The first-order valence-corrected chi connectivity index (χ1v) is 12.1. The molecule has 28 heavy (non-hydrogen) atoms. The van der Waals surface area contributed by atoms with Crippen LogP contribution in [0.2, 0.25) is 0 Å². The molecular formula is C22H30N3OPS. The highest BCUT2D eigenvalue weighted by molar-refractivity contribution is 7.43. The van der Waals surface area contributed by atoms with E-state index < -0.39 is 0 Å². The molecule has 4 nitrogen and oxygen atoms in total. The standard InChI is InChI=1S/C22H30N3OPS/c1-4-6-17(7-5-2)22-25-12-20(28-22)18-11-19(21(23)27-14-18)26-13-16-8-9-24-15(3)10-16/h8-12,17,27H,4-7,13-14,23H2,1-3H3. The monoisotopic (exact) mass is 415 g/mol. The number of thiazole rings is 1. The maximum Gasteiger partial charge on any atom is 0.143 e. The lowest BCUT2D eigenvalue weighted by atomic mass is 9.99. The van der Waals surface area contributed by atoms with Crippen LogP contribution in [0, 0.1) is 6.92 Å². The molecule has 1 aliphatic rings. The molecule has 0 aromatic carbocycles. The minimum atomic E-state index is 0.511. The Hall–Kier alpha value is -1.71. The summed E-state index contributed by atoms with van der Waals surface area (Å²) in [6.07, 6.45) is 11.8. The molecule has 3 rings (SSSR count). The summed E-state index contributed by atoms with van der Waals surface area (Å²) in [5.41, 5.74) is 10.5. The van der Waals surface area contributed by atoms with Gasteiger partial charge in [-0.15, -0.1) is 11.3 Å². The first-order valence-electron chi connectivity index (χ1n) is 10.0. The van der Waals surface area contributed by atoms with Gasteiger partial charge in [-0.05, 0) is 55.3 Å². The van der Waals surface area contributed by atoms with E-state index in [1.54, 1.807) is 0 Å². The molecule has 1 unspecified atom stereocenters. The molecule has 0 spiro atoms. The van der Waals surface area contributed by atoms with E-state index in [0.29, 0.717) is 21.1 Å². The summed E-state index contributed by atoms with van der Waals surface area (Å²) in [6.45, 7) is 7.01. The van der Waals surface area contributed by atoms with E-state index in [4.69, 9.17) is 15.5 Å². The lowest BCUT2D eigenvalue weighted by molar-refractivity contribution is 0.209. The average molecular weight is 416 g/mol. The second kappa shape index (κ2) is 10.2. The Morgan fingerprint density at radius 1 is 1.25 bits per heavy atom. The van der Waals surface area contributed by atoms with Crippen molar-refractivity contribution in [3.63, 3.8) is 0 Å². The van der Waals surface area contributed by atoms with Crippen molar-refractivity contribution in [3.8, 4) is 0 Å². The Kier molecular flexibility index (Phi) is 7.64. The van der Waals surface area contributed by atoms with Gasteiger partial charge in [0, 0.05) is 24.0 Å². The molecule has 0 amide bonds. The van der Waals surface area contributed by atoms with E-state index >= 15 is 0 Å². The number of allylic oxidation sites excluding steroid dienone is 2. The lowest BCUT2D eigenvalue weighted by Crippen LogP contribution is -2.06. The van der Waals surface area contributed by atoms with Crippen molar-refractivity contribution in [1.29, 1.82) is 0 Å². The second-order valence-corrected chi connectivity index (χ2v) is 9.54. The number of aryl methyl sites for hydroxylation is 1. The van der Waals surface area contributed by atoms with Crippen LogP contribution in [0.25, 0.3) is 5.57 Å². The molecule has 0 saturated carbocycles. The number of pyridine rings is 1. The number of aromatic nitrogens is 2.